The van der Waals surface area contributed by atoms with Crippen LogP contribution < -0.4 is 20.1 Å². The second kappa shape index (κ2) is 10.6. The zero-order valence-corrected chi connectivity index (χ0v) is 18.9. The van der Waals surface area contributed by atoms with E-state index in [2.05, 4.69) is 20.6 Å². The summed E-state index contributed by atoms with van der Waals surface area (Å²) in [5.41, 5.74) is 0.141. The smallest absolute Gasteiger partial charge is 0.421 e. The molecule has 1 fully saturated rings. The first kappa shape index (κ1) is 23.7. The fourth-order valence-electron chi connectivity index (χ4n) is 3.68. The van der Waals surface area contributed by atoms with Crippen LogP contribution in [0.2, 0.25) is 0 Å². The SMILES string of the molecule is CCCOc1ccc(Nc2ncc(C(F)(F)F)c(Nc3ccc(OC4CCCC4)cc3)n2)cc1. The van der Waals surface area contributed by atoms with Gasteiger partial charge in [0, 0.05) is 17.6 Å². The molecule has 1 aromatic heterocycles. The van der Waals surface area contributed by atoms with Gasteiger partial charge >= 0.3 is 6.18 Å². The summed E-state index contributed by atoms with van der Waals surface area (Å²) in [4.78, 5) is 7.94. The van der Waals surface area contributed by atoms with Crippen LogP contribution in [-0.2, 0) is 6.18 Å². The van der Waals surface area contributed by atoms with Crippen molar-refractivity contribution in [2.24, 2.45) is 0 Å². The molecule has 6 nitrogen and oxygen atoms in total. The van der Waals surface area contributed by atoms with Crippen molar-refractivity contribution in [2.45, 2.75) is 51.3 Å². The number of nitrogens with one attached hydrogen (secondary N) is 2. The van der Waals surface area contributed by atoms with E-state index in [0.717, 1.165) is 38.3 Å². The summed E-state index contributed by atoms with van der Waals surface area (Å²) in [5.74, 6) is 1.12. The molecule has 0 atom stereocenters. The quantitative estimate of drug-likeness (QED) is 0.346. The van der Waals surface area contributed by atoms with Crippen LogP contribution in [0.5, 0.6) is 11.5 Å². The fourth-order valence-corrected chi connectivity index (χ4v) is 3.68. The van der Waals surface area contributed by atoms with E-state index >= 15 is 0 Å². The Kier molecular flexibility index (Phi) is 7.40. The van der Waals surface area contributed by atoms with Gasteiger partial charge < -0.3 is 20.1 Å². The van der Waals surface area contributed by atoms with E-state index in [1.54, 1.807) is 48.5 Å². The number of rotatable bonds is 9. The topological polar surface area (TPSA) is 68.3 Å². The second-order valence-electron chi connectivity index (χ2n) is 8.13. The Hall–Kier alpha value is -3.49. The van der Waals surface area contributed by atoms with Crippen LogP contribution in [0.25, 0.3) is 0 Å². The minimum Gasteiger partial charge on any atom is -0.494 e. The van der Waals surface area contributed by atoms with Gasteiger partial charge in [0.2, 0.25) is 5.95 Å². The third-order valence-corrected chi connectivity index (χ3v) is 5.40. The first-order valence-corrected chi connectivity index (χ1v) is 11.4. The molecule has 2 N–H and O–H groups in total. The molecule has 0 bridgehead atoms. The summed E-state index contributed by atoms with van der Waals surface area (Å²) in [5, 5.41) is 5.71. The normalized spacial score (nSPS) is 14.1. The molecular weight excluding hydrogens is 445 g/mol. The van der Waals surface area contributed by atoms with Crippen LogP contribution in [0.4, 0.5) is 36.3 Å². The summed E-state index contributed by atoms with van der Waals surface area (Å²) in [6.07, 6.45) is 1.64. The molecule has 4 rings (SSSR count). The number of anilines is 4. The van der Waals surface area contributed by atoms with Crippen LogP contribution in [0.1, 0.15) is 44.6 Å². The monoisotopic (exact) mass is 472 g/mol. The molecule has 0 saturated heterocycles. The first-order valence-electron chi connectivity index (χ1n) is 11.4. The molecule has 3 aromatic rings. The molecule has 0 spiro atoms. The lowest BCUT2D eigenvalue weighted by atomic mass is 10.2. The van der Waals surface area contributed by atoms with Gasteiger partial charge in [-0.1, -0.05) is 6.92 Å². The Balaban J connectivity index is 1.49. The summed E-state index contributed by atoms with van der Waals surface area (Å²) in [6, 6.07) is 13.9. The molecule has 0 amide bonds. The minimum atomic E-state index is -4.61. The minimum absolute atomic E-state index is 0.0407. The van der Waals surface area contributed by atoms with Gasteiger partial charge in [-0.15, -0.1) is 0 Å². The molecule has 34 heavy (non-hydrogen) atoms. The average Bonchev–Trinajstić information content (AvgIpc) is 3.32. The van der Waals surface area contributed by atoms with E-state index in [9.17, 15) is 13.2 Å². The average molecular weight is 473 g/mol. The fraction of sp³-hybridized carbons (Fsp3) is 0.360. The van der Waals surface area contributed by atoms with Crippen molar-refractivity contribution < 1.29 is 22.6 Å². The van der Waals surface area contributed by atoms with E-state index in [4.69, 9.17) is 9.47 Å². The molecule has 0 radical (unpaired) electrons. The highest BCUT2D eigenvalue weighted by molar-refractivity contribution is 5.63. The lowest BCUT2D eigenvalue weighted by molar-refractivity contribution is -0.137. The predicted octanol–water partition coefficient (Wildman–Crippen LogP) is 7.09. The van der Waals surface area contributed by atoms with E-state index in [-0.39, 0.29) is 17.9 Å². The van der Waals surface area contributed by atoms with Crippen molar-refractivity contribution in [2.75, 3.05) is 17.2 Å². The van der Waals surface area contributed by atoms with Gasteiger partial charge in [-0.05, 0) is 80.6 Å². The molecule has 0 aliphatic heterocycles. The number of halogens is 3. The molecule has 0 unspecified atom stereocenters. The largest absolute Gasteiger partial charge is 0.494 e. The number of alkyl halides is 3. The van der Waals surface area contributed by atoms with E-state index in [0.29, 0.717) is 29.5 Å². The zero-order chi connectivity index (χ0) is 24.0. The maximum Gasteiger partial charge on any atom is 0.421 e. The number of hydrogen-bond acceptors (Lipinski definition) is 6. The summed E-state index contributed by atoms with van der Waals surface area (Å²) in [6.45, 7) is 2.62. The van der Waals surface area contributed by atoms with Gasteiger partial charge in [0.25, 0.3) is 0 Å². The van der Waals surface area contributed by atoms with Gasteiger partial charge in [-0.2, -0.15) is 18.2 Å². The Labute approximate surface area is 196 Å². The Morgan fingerprint density at radius 3 is 2.15 bits per heavy atom. The highest BCUT2D eigenvalue weighted by Crippen LogP contribution is 2.36. The van der Waals surface area contributed by atoms with Gasteiger partial charge in [-0.3, -0.25) is 0 Å². The van der Waals surface area contributed by atoms with Crippen molar-refractivity contribution in [1.82, 2.24) is 9.97 Å². The molecule has 180 valence electrons. The predicted molar refractivity (Wildman–Crippen MR) is 125 cm³/mol. The number of nitrogens with zero attached hydrogens (tertiary/aromatic N) is 2. The Bertz CT molecular complexity index is 1070. The molecule has 1 saturated carbocycles. The molecule has 1 aliphatic rings. The summed E-state index contributed by atoms with van der Waals surface area (Å²) < 4.78 is 52.2. The van der Waals surface area contributed by atoms with E-state index < -0.39 is 11.7 Å². The molecule has 1 heterocycles. The van der Waals surface area contributed by atoms with E-state index in [1.807, 2.05) is 6.92 Å². The molecule has 1 aliphatic carbocycles. The molecular formula is C25H27F3N4O2. The highest BCUT2D eigenvalue weighted by Gasteiger charge is 2.35. The lowest BCUT2D eigenvalue weighted by Crippen LogP contribution is -2.13. The molecule has 9 heteroatoms. The van der Waals surface area contributed by atoms with Crippen molar-refractivity contribution in [1.29, 1.82) is 0 Å². The van der Waals surface area contributed by atoms with Crippen molar-refractivity contribution in [3.05, 3.63) is 60.3 Å². The van der Waals surface area contributed by atoms with Gasteiger partial charge in [0.1, 0.15) is 22.9 Å². The zero-order valence-electron chi connectivity index (χ0n) is 18.9. The van der Waals surface area contributed by atoms with Crippen LogP contribution in [0.15, 0.2) is 54.7 Å². The third kappa shape index (κ3) is 6.30. The number of hydrogen-bond donors (Lipinski definition) is 2. The maximum absolute atomic E-state index is 13.6. The van der Waals surface area contributed by atoms with Gasteiger partial charge in [-0.25, -0.2) is 4.98 Å². The van der Waals surface area contributed by atoms with Crippen molar-refractivity contribution in [3.63, 3.8) is 0 Å². The van der Waals surface area contributed by atoms with Crippen LogP contribution in [0.3, 0.4) is 0 Å². The lowest BCUT2D eigenvalue weighted by Gasteiger charge is -2.16. The standard InChI is InChI=1S/C25H27F3N4O2/c1-2-15-33-19-11-7-18(8-12-19)31-24-29-16-22(25(26,27)28)23(32-24)30-17-9-13-21(14-10-17)34-20-5-3-4-6-20/h7-14,16,20H,2-6,15H2,1H3,(H2,29,30,31,32). The van der Waals surface area contributed by atoms with Gasteiger partial charge in [0.15, 0.2) is 0 Å². The second-order valence-corrected chi connectivity index (χ2v) is 8.13. The van der Waals surface area contributed by atoms with Crippen LogP contribution in [-0.4, -0.2) is 22.7 Å². The number of benzene rings is 2. The Morgan fingerprint density at radius 2 is 1.53 bits per heavy atom. The van der Waals surface area contributed by atoms with Crippen LogP contribution in [0, 0.1) is 0 Å². The number of ether oxygens (including phenoxy) is 2. The van der Waals surface area contributed by atoms with Crippen molar-refractivity contribution >= 4 is 23.1 Å². The highest BCUT2D eigenvalue weighted by atomic mass is 19.4. The summed E-state index contributed by atoms with van der Waals surface area (Å²) >= 11 is 0. The number of aromatic nitrogens is 2. The van der Waals surface area contributed by atoms with Gasteiger partial charge in [0.05, 0.1) is 12.7 Å². The third-order valence-electron chi connectivity index (χ3n) is 5.40. The molecule has 2 aromatic carbocycles. The maximum atomic E-state index is 13.6. The summed E-state index contributed by atoms with van der Waals surface area (Å²) in [7, 11) is 0. The Morgan fingerprint density at radius 1 is 0.912 bits per heavy atom. The van der Waals surface area contributed by atoms with Crippen LogP contribution >= 0.6 is 0 Å². The first-order chi connectivity index (χ1) is 16.4. The van der Waals surface area contributed by atoms with Crippen molar-refractivity contribution in [3.8, 4) is 11.5 Å². The van der Waals surface area contributed by atoms with E-state index in [1.165, 1.54) is 0 Å².